The highest BCUT2D eigenvalue weighted by molar-refractivity contribution is 5.02. The number of aliphatic hydroxyl groups excluding tert-OH is 7. The summed E-state index contributed by atoms with van der Waals surface area (Å²) in [4.78, 5) is 0. The first-order valence-electron chi connectivity index (χ1n) is 13.9. The molecule has 19 heteroatoms. The summed E-state index contributed by atoms with van der Waals surface area (Å²) in [7, 11) is 0. The third-order valence-corrected chi connectivity index (χ3v) is 8.37. The van der Waals surface area contributed by atoms with Crippen molar-refractivity contribution in [2.75, 3.05) is 19.7 Å². The summed E-state index contributed by atoms with van der Waals surface area (Å²) in [5.41, 5.74) is 35.6. The number of hydrogen-bond donors (Lipinski definition) is 13. The van der Waals surface area contributed by atoms with Crippen molar-refractivity contribution in [3.8, 4) is 0 Å². The molecule has 3 aliphatic heterocycles. The molecule has 246 valence electrons. The van der Waals surface area contributed by atoms with Crippen LogP contribution in [0, 0.1) is 0 Å². The minimum Gasteiger partial charge on any atom is -0.394 e. The van der Waals surface area contributed by atoms with E-state index in [4.69, 9.17) is 62.8 Å². The Morgan fingerprint density at radius 2 is 0.976 bits per heavy atom. The van der Waals surface area contributed by atoms with Gasteiger partial charge in [0, 0.05) is 25.2 Å². The summed E-state index contributed by atoms with van der Waals surface area (Å²) < 4.78 is 34.6. The minimum atomic E-state index is -1.60. The molecule has 0 amide bonds. The largest absolute Gasteiger partial charge is 0.394 e. The summed E-state index contributed by atoms with van der Waals surface area (Å²) in [5.74, 6) is 0. The van der Waals surface area contributed by atoms with Crippen LogP contribution < -0.4 is 34.4 Å². The van der Waals surface area contributed by atoms with Crippen LogP contribution in [-0.4, -0.2) is 172 Å². The lowest BCUT2D eigenvalue weighted by molar-refractivity contribution is -0.306. The summed E-state index contributed by atoms with van der Waals surface area (Å²) >= 11 is 0. The van der Waals surface area contributed by atoms with Crippen molar-refractivity contribution in [2.45, 2.75) is 123 Å². The van der Waals surface area contributed by atoms with Gasteiger partial charge in [0.2, 0.25) is 0 Å². The van der Waals surface area contributed by atoms with Crippen molar-refractivity contribution in [2.24, 2.45) is 34.4 Å². The third-order valence-electron chi connectivity index (χ3n) is 8.37. The number of nitrogens with two attached hydrogens (primary N) is 6. The molecule has 0 aromatic heterocycles. The summed E-state index contributed by atoms with van der Waals surface area (Å²) in [6.07, 6.45) is -19.8. The van der Waals surface area contributed by atoms with Crippen molar-refractivity contribution in [1.82, 2.24) is 0 Å². The molecule has 19 nitrogen and oxygen atoms in total. The molecule has 1 aliphatic carbocycles. The van der Waals surface area contributed by atoms with Crippen LogP contribution in [0.5, 0.6) is 0 Å². The lowest BCUT2D eigenvalue weighted by Crippen LogP contribution is -2.68. The summed E-state index contributed by atoms with van der Waals surface area (Å²) in [6.45, 7) is -0.967. The molecule has 19 atom stereocenters. The van der Waals surface area contributed by atoms with E-state index in [1.165, 1.54) is 0 Å². The van der Waals surface area contributed by atoms with Crippen LogP contribution in [0.15, 0.2) is 0 Å². The fourth-order valence-electron chi connectivity index (χ4n) is 5.74. The monoisotopic (exact) mass is 614 g/mol. The second-order valence-electron chi connectivity index (χ2n) is 11.2. The Hall–Kier alpha value is -0.760. The van der Waals surface area contributed by atoms with E-state index in [9.17, 15) is 35.7 Å². The highest BCUT2D eigenvalue weighted by Crippen LogP contribution is 2.34. The molecule has 1 saturated carbocycles. The van der Waals surface area contributed by atoms with Gasteiger partial charge in [-0.3, -0.25) is 0 Å². The zero-order valence-corrected chi connectivity index (χ0v) is 22.8. The van der Waals surface area contributed by atoms with Crippen molar-refractivity contribution < 1.29 is 64.2 Å². The van der Waals surface area contributed by atoms with E-state index in [1.54, 1.807) is 0 Å². The van der Waals surface area contributed by atoms with Gasteiger partial charge in [-0.25, -0.2) is 0 Å². The first-order chi connectivity index (χ1) is 19.8. The highest BCUT2D eigenvalue weighted by Gasteiger charge is 2.54. The molecule has 0 unspecified atom stereocenters. The van der Waals surface area contributed by atoms with Crippen LogP contribution in [0.25, 0.3) is 0 Å². The molecule has 4 aliphatic rings. The Morgan fingerprint density at radius 3 is 1.45 bits per heavy atom. The van der Waals surface area contributed by atoms with E-state index in [-0.39, 0.29) is 19.5 Å². The summed E-state index contributed by atoms with van der Waals surface area (Å²) in [6, 6.07) is -4.18. The molecule has 0 bridgehead atoms. The molecule has 42 heavy (non-hydrogen) atoms. The Bertz CT molecular complexity index is 868. The van der Waals surface area contributed by atoms with E-state index >= 15 is 0 Å². The number of ether oxygens (including phenoxy) is 6. The van der Waals surface area contributed by atoms with Gasteiger partial charge in [-0.05, 0) is 6.42 Å². The molecular formula is C23H46N6O13. The molecule has 0 aromatic carbocycles. The molecular weight excluding hydrogens is 568 g/mol. The van der Waals surface area contributed by atoms with Crippen LogP contribution in [0.3, 0.4) is 0 Å². The molecule has 3 heterocycles. The van der Waals surface area contributed by atoms with Gasteiger partial charge in [0.25, 0.3) is 0 Å². The minimum absolute atomic E-state index is 0.0889. The molecule has 4 rings (SSSR count). The van der Waals surface area contributed by atoms with E-state index < -0.39 is 123 Å². The van der Waals surface area contributed by atoms with Gasteiger partial charge in [0.15, 0.2) is 18.9 Å². The molecule has 0 aromatic rings. The van der Waals surface area contributed by atoms with Gasteiger partial charge in [-0.2, -0.15) is 0 Å². The van der Waals surface area contributed by atoms with E-state index in [0.717, 1.165) is 0 Å². The smallest absolute Gasteiger partial charge is 0.187 e. The van der Waals surface area contributed by atoms with Gasteiger partial charge in [-0.1, -0.05) is 0 Å². The quantitative estimate of drug-likeness (QED) is 0.115. The first-order valence-corrected chi connectivity index (χ1v) is 13.9. The highest BCUT2D eigenvalue weighted by atomic mass is 16.8. The fourth-order valence-corrected chi connectivity index (χ4v) is 5.74. The third kappa shape index (κ3) is 6.60. The second kappa shape index (κ2) is 14.1. The maximum Gasteiger partial charge on any atom is 0.187 e. The summed E-state index contributed by atoms with van der Waals surface area (Å²) in [5, 5.41) is 73.0. The predicted octanol–water partition coefficient (Wildman–Crippen LogP) is -8.90. The molecule has 4 fully saturated rings. The van der Waals surface area contributed by atoms with E-state index in [0.29, 0.717) is 0 Å². The lowest BCUT2D eigenvalue weighted by Gasteiger charge is -2.47. The van der Waals surface area contributed by atoms with Gasteiger partial charge < -0.3 is 98.6 Å². The van der Waals surface area contributed by atoms with E-state index in [2.05, 4.69) is 0 Å². The Labute approximate surface area is 241 Å². The average molecular weight is 615 g/mol. The van der Waals surface area contributed by atoms with Crippen LogP contribution in [0.4, 0.5) is 0 Å². The van der Waals surface area contributed by atoms with Crippen LogP contribution >= 0.6 is 0 Å². The van der Waals surface area contributed by atoms with Crippen LogP contribution in [0.1, 0.15) is 6.42 Å². The topological polar surface area (TPSA) is 353 Å². The Morgan fingerprint density at radius 1 is 0.524 bits per heavy atom. The normalized spacial score (nSPS) is 53.8. The number of hydrogen-bond acceptors (Lipinski definition) is 19. The van der Waals surface area contributed by atoms with Gasteiger partial charge in [0.05, 0.1) is 24.8 Å². The second-order valence-corrected chi connectivity index (χ2v) is 11.2. The van der Waals surface area contributed by atoms with Crippen molar-refractivity contribution in [1.29, 1.82) is 0 Å². The van der Waals surface area contributed by atoms with E-state index in [1.807, 2.05) is 0 Å². The van der Waals surface area contributed by atoms with Crippen molar-refractivity contribution in [3.05, 3.63) is 0 Å². The van der Waals surface area contributed by atoms with Crippen molar-refractivity contribution in [3.63, 3.8) is 0 Å². The standard InChI is InChI=1S/C23H46N6O13/c24-2-7-13(32)15(34)10(28)21(37-7)40-18-6(27)1-5(26)12(31)20(18)42-23-17(36)19(9(4-30)39-23)41-22-11(29)16(35)14(33)8(3-25)38-22/h5-23,30-36H,1-4,24-29H2/t5-,6+,7-,8+,9-,10-,11-,12-,13+,14+,15-,16+,17+,18-,19+,20+,21+,22-,23+/m1/s1. The van der Waals surface area contributed by atoms with Crippen LogP contribution in [0.2, 0.25) is 0 Å². The average Bonchev–Trinajstić information content (AvgIpc) is 3.27. The maximum absolute atomic E-state index is 11.1. The molecule has 0 radical (unpaired) electrons. The Balaban J connectivity index is 1.50. The molecule has 0 spiro atoms. The zero-order chi connectivity index (χ0) is 31.0. The van der Waals surface area contributed by atoms with Gasteiger partial charge in [-0.15, -0.1) is 0 Å². The SMILES string of the molecule is NC[C@@H]1O[C@H](O[C@@H]2[C@H](O)[C@H](O[C@H]3[C@H](O)[C@H](N)C[C@H](N)[C@H]3O[C@@H]3O[C@H](CN)[C@H](O)[C@H](O)[C@H]3N)O[C@@H]2CO)[C@H](N)[C@H](O)[C@H]1O. The fraction of sp³-hybridized carbons (Fsp3) is 1.00. The van der Waals surface area contributed by atoms with Crippen molar-refractivity contribution >= 4 is 0 Å². The van der Waals surface area contributed by atoms with Crippen LogP contribution in [-0.2, 0) is 28.4 Å². The maximum atomic E-state index is 11.1. The Kier molecular flexibility index (Phi) is 11.5. The lowest BCUT2D eigenvalue weighted by atomic mass is 9.84. The van der Waals surface area contributed by atoms with Gasteiger partial charge in [0.1, 0.15) is 67.1 Å². The molecule has 3 saturated heterocycles. The zero-order valence-electron chi connectivity index (χ0n) is 22.8. The first kappa shape index (κ1) is 34.1. The predicted molar refractivity (Wildman–Crippen MR) is 138 cm³/mol. The number of rotatable bonds is 9. The number of aliphatic hydroxyl groups is 7. The van der Waals surface area contributed by atoms with Gasteiger partial charge >= 0.3 is 0 Å². The molecule has 19 N–H and O–H groups in total.